The highest BCUT2D eigenvalue weighted by Gasteiger charge is 2.15. The third kappa shape index (κ3) is 3.47. The molecule has 0 saturated carbocycles. The lowest BCUT2D eigenvalue weighted by Gasteiger charge is -2.17. The molecule has 1 unspecified atom stereocenters. The van der Waals surface area contributed by atoms with Crippen molar-refractivity contribution < 1.29 is 0 Å². The van der Waals surface area contributed by atoms with Gasteiger partial charge in [-0.2, -0.15) is 11.8 Å². The maximum atomic E-state index is 5.91. The SMILES string of the molecule is CCSCC(C)n1c(CCCl)nc2ccc(Br)cc21. The Morgan fingerprint density at radius 2 is 2.26 bits per heavy atom. The monoisotopic (exact) mass is 360 g/mol. The number of thioether (sulfide) groups is 1. The predicted octanol–water partition coefficient (Wildman–Crippen LogP) is 4.89. The van der Waals surface area contributed by atoms with Crippen molar-refractivity contribution in [3.8, 4) is 0 Å². The van der Waals surface area contributed by atoms with E-state index in [0.29, 0.717) is 11.9 Å². The van der Waals surface area contributed by atoms with Gasteiger partial charge in [0.2, 0.25) is 0 Å². The van der Waals surface area contributed by atoms with Crippen LogP contribution in [0.25, 0.3) is 11.0 Å². The number of aryl methyl sites for hydroxylation is 1. The number of halogens is 2. The van der Waals surface area contributed by atoms with Crippen molar-refractivity contribution in [1.82, 2.24) is 9.55 Å². The summed E-state index contributed by atoms with van der Waals surface area (Å²) >= 11 is 11.4. The summed E-state index contributed by atoms with van der Waals surface area (Å²) in [5.41, 5.74) is 2.25. The highest BCUT2D eigenvalue weighted by Crippen LogP contribution is 2.26. The van der Waals surface area contributed by atoms with Gasteiger partial charge in [0.15, 0.2) is 0 Å². The molecule has 1 atom stereocenters. The molecule has 1 heterocycles. The number of aromatic nitrogens is 2. The average Bonchev–Trinajstić information content (AvgIpc) is 2.73. The first kappa shape index (κ1) is 15.2. The maximum Gasteiger partial charge on any atom is 0.111 e. The number of hydrogen-bond acceptors (Lipinski definition) is 2. The Bertz CT molecular complexity index is 556. The normalized spacial score (nSPS) is 13.1. The van der Waals surface area contributed by atoms with E-state index in [4.69, 9.17) is 16.6 Å². The second kappa shape index (κ2) is 7.00. The van der Waals surface area contributed by atoms with Crippen LogP contribution in [-0.4, -0.2) is 26.9 Å². The molecule has 2 nitrogen and oxygen atoms in total. The van der Waals surface area contributed by atoms with Crippen molar-refractivity contribution in [2.75, 3.05) is 17.4 Å². The first-order valence-corrected chi connectivity index (χ1v) is 8.95. The molecule has 0 bridgehead atoms. The molecule has 0 aliphatic rings. The molecule has 104 valence electrons. The third-order valence-electron chi connectivity index (χ3n) is 3.05. The number of benzene rings is 1. The first-order chi connectivity index (χ1) is 9.17. The van der Waals surface area contributed by atoms with E-state index in [0.717, 1.165) is 33.7 Å². The fourth-order valence-corrected chi connectivity index (χ4v) is 3.48. The Morgan fingerprint density at radius 3 is 2.95 bits per heavy atom. The Labute approximate surface area is 132 Å². The zero-order valence-corrected chi connectivity index (χ0v) is 14.4. The van der Waals surface area contributed by atoms with Gasteiger partial charge in [0.1, 0.15) is 5.82 Å². The van der Waals surface area contributed by atoms with Crippen LogP contribution in [0.4, 0.5) is 0 Å². The molecule has 0 aliphatic heterocycles. The Balaban J connectivity index is 2.46. The Hall–Kier alpha value is -0.190. The summed E-state index contributed by atoms with van der Waals surface area (Å²) in [7, 11) is 0. The fraction of sp³-hybridized carbons (Fsp3) is 0.500. The van der Waals surface area contributed by atoms with Crippen molar-refractivity contribution in [1.29, 1.82) is 0 Å². The van der Waals surface area contributed by atoms with Gasteiger partial charge in [-0.05, 0) is 30.9 Å². The number of imidazole rings is 1. The van der Waals surface area contributed by atoms with E-state index in [2.05, 4.69) is 46.5 Å². The smallest absolute Gasteiger partial charge is 0.111 e. The predicted molar refractivity (Wildman–Crippen MR) is 89.6 cm³/mol. The van der Waals surface area contributed by atoms with Gasteiger partial charge in [-0.1, -0.05) is 22.9 Å². The highest BCUT2D eigenvalue weighted by molar-refractivity contribution is 9.10. The molecule has 19 heavy (non-hydrogen) atoms. The van der Waals surface area contributed by atoms with Crippen LogP contribution in [0, 0.1) is 0 Å². The second-order valence-electron chi connectivity index (χ2n) is 4.48. The highest BCUT2D eigenvalue weighted by atomic mass is 79.9. The molecular formula is C14H18BrClN2S. The lowest BCUT2D eigenvalue weighted by molar-refractivity contribution is 0.597. The number of rotatable bonds is 6. The van der Waals surface area contributed by atoms with Crippen LogP contribution in [-0.2, 0) is 6.42 Å². The number of nitrogens with zero attached hydrogens (tertiary/aromatic N) is 2. The van der Waals surface area contributed by atoms with E-state index in [1.807, 2.05) is 17.8 Å². The van der Waals surface area contributed by atoms with E-state index in [1.54, 1.807) is 0 Å². The molecule has 0 aliphatic carbocycles. The standard InChI is InChI=1S/C14H18BrClN2S/c1-3-19-9-10(2)18-13-8-11(15)4-5-12(13)17-14(18)6-7-16/h4-5,8,10H,3,6-7,9H2,1-2H3. The van der Waals surface area contributed by atoms with Crippen LogP contribution >= 0.6 is 39.3 Å². The average molecular weight is 362 g/mol. The largest absolute Gasteiger partial charge is 0.324 e. The van der Waals surface area contributed by atoms with Crippen LogP contribution < -0.4 is 0 Å². The lowest BCUT2D eigenvalue weighted by atomic mass is 10.3. The molecule has 5 heteroatoms. The van der Waals surface area contributed by atoms with E-state index < -0.39 is 0 Å². The van der Waals surface area contributed by atoms with E-state index in [1.165, 1.54) is 5.52 Å². The van der Waals surface area contributed by atoms with Gasteiger partial charge >= 0.3 is 0 Å². The minimum Gasteiger partial charge on any atom is -0.324 e. The van der Waals surface area contributed by atoms with Gasteiger partial charge in [0, 0.05) is 28.6 Å². The molecule has 0 saturated heterocycles. The molecule has 1 aromatic heterocycles. The van der Waals surface area contributed by atoms with Gasteiger partial charge < -0.3 is 4.57 Å². The summed E-state index contributed by atoms with van der Waals surface area (Å²) in [6, 6.07) is 6.68. The lowest BCUT2D eigenvalue weighted by Crippen LogP contribution is -2.12. The first-order valence-electron chi connectivity index (χ1n) is 6.47. The van der Waals surface area contributed by atoms with E-state index in [-0.39, 0.29) is 0 Å². The van der Waals surface area contributed by atoms with Gasteiger partial charge in [0.05, 0.1) is 11.0 Å². The Morgan fingerprint density at radius 1 is 1.47 bits per heavy atom. The maximum absolute atomic E-state index is 5.91. The topological polar surface area (TPSA) is 17.8 Å². The molecule has 0 spiro atoms. The van der Waals surface area contributed by atoms with Crippen LogP contribution in [0.15, 0.2) is 22.7 Å². The fourth-order valence-electron chi connectivity index (χ4n) is 2.23. The summed E-state index contributed by atoms with van der Waals surface area (Å²) in [5, 5.41) is 0. The summed E-state index contributed by atoms with van der Waals surface area (Å²) < 4.78 is 3.43. The van der Waals surface area contributed by atoms with Crippen LogP contribution in [0.1, 0.15) is 25.7 Å². The zero-order chi connectivity index (χ0) is 13.8. The second-order valence-corrected chi connectivity index (χ2v) is 7.09. The quantitative estimate of drug-likeness (QED) is 0.681. The number of alkyl halides is 1. The molecular weight excluding hydrogens is 344 g/mol. The van der Waals surface area contributed by atoms with Crippen LogP contribution in [0.2, 0.25) is 0 Å². The molecule has 0 N–H and O–H groups in total. The van der Waals surface area contributed by atoms with Crippen molar-refractivity contribution in [3.05, 3.63) is 28.5 Å². The zero-order valence-electron chi connectivity index (χ0n) is 11.2. The van der Waals surface area contributed by atoms with Gasteiger partial charge in [0.25, 0.3) is 0 Å². The van der Waals surface area contributed by atoms with Crippen LogP contribution in [0.3, 0.4) is 0 Å². The minimum atomic E-state index is 0.433. The van der Waals surface area contributed by atoms with Crippen molar-refractivity contribution >= 4 is 50.3 Å². The number of fused-ring (bicyclic) bond motifs is 1. The van der Waals surface area contributed by atoms with Gasteiger partial charge in [-0.15, -0.1) is 11.6 Å². The molecule has 1 aromatic carbocycles. The van der Waals surface area contributed by atoms with Crippen molar-refractivity contribution in [2.45, 2.75) is 26.3 Å². The van der Waals surface area contributed by atoms with Gasteiger partial charge in [-0.3, -0.25) is 0 Å². The Kier molecular flexibility index (Phi) is 5.60. The third-order valence-corrected chi connectivity index (χ3v) is 4.86. The summed E-state index contributed by atoms with van der Waals surface area (Å²) in [6.07, 6.45) is 0.814. The minimum absolute atomic E-state index is 0.433. The van der Waals surface area contributed by atoms with E-state index >= 15 is 0 Å². The number of hydrogen-bond donors (Lipinski definition) is 0. The van der Waals surface area contributed by atoms with Crippen LogP contribution in [0.5, 0.6) is 0 Å². The molecule has 0 radical (unpaired) electrons. The van der Waals surface area contributed by atoms with Crippen molar-refractivity contribution in [3.63, 3.8) is 0 Å². The van der Waals surface area contributed by atoms with Gasteiger partial charge in [-0.25, -0.2) is 4.98 Å². The molecule has 2 rings (SSSR count). The molecule has 0 fully saturated rings. The molecule has 2 aromatic rings. The summed E-state index contributed by atoms with van der Waals surface area (Å²) in [4.78, 5) is 4.72. The molecule has 0 amide bonds. The summed E-state index contributed by atoms with van der Waals surface area (Å²) in [5.74, 6) is 3.94. The van der Waals surface area contributed by atoms with Crippen molar-refractivity contribution in [2.24, 2.45) is 0 Å². The van der Waals surface area contributed by atoms with E-state index in [9.17, 15) is 0 Å². The summed E-state index contributed by atoms with van der Waals surface area (Å²) in [6.45, 7) is 4.45.